The van der Waals surface area contributed by atoms with Crippen molar-refractivity contribution in [2.24, 2.45) is 39.9 Å². The van der Waals surface area contributed by atoms with E-state index >= 15 is 0 Å². The average Bonchev–Trinajstić information content (AvgIpc) is 3.03. The van der Waals surface area contributed by atoms with Crippen LogP contribution in [-0.2, 0) is 0 Å². The molecule has 0 radical (unpaired) electrons. The Kier molecular flexibility index (Phi) is 3.34. The van der Waals surface area contributed by atoms with Gasteiger partial charge in [0.25, 0.3) is 0 Å². The molecule has 3 N–H and O–H groups in total. The first-order valence-electron chi connectivity index (χ1n) is 10.6. The first kappa shape index (κ1) is 16.1. The van der Waals surface area contributed by atoms with E-state index in [-0.39, 0.29) is 11.5 Å². The minimum atomic E-state index is -0.0482. The highest BCUT2D eigenvalue weighted by atomic mass is 16.3. The summed E-state index contributed by atoms with van der Waals surface area (Å²) in [6.45, 7) is 8.65. The Morgan fingerprint density at radius 2 is 1.92 bits per heavy atom. The lowest BCUT2D eigenvalue weighted by Crippen LogP contribution is -3.17. The zero-order valence-electron chi connectivity index (χ0n) is 15.6. The van der Waals surface area contributed by atoms with Gasteiger partial charge in [0.2, 0.25) is 0 Å². The number of piperidine rings is 1. The van der Waals surface area contributed by atoms with Gasteiger partial charge in [0, 0.05) is 16.2 Å². The number of hydrogen-bond donors (Lipinski definition) is 3. The maximum absolute atomic E-state index is 11.1. The van der Waals surface area contributed by atoms with Gasteiger partial charge in [0.1, 0.15) is 6.54 Å². The number of hydrogen-bond acceptors (Lipinski definition) is 2. The summed E-state index contributed by atoms with van der Waals surface area (Å²) in [6.07, 6.45) is 9.46. The van der Waals surface area contributed by atoms with Crippen molar-refractivity contribution in [3.8, 4) is 0 Å². The normalized spacial score (nSPS) is 61.5. The maximum Gasteiger partial charge on any atom is 0.101 e. The Morgan fingerprint density at radius 1 is 1.08 bits per heavy atom. The molecule has 9 atom stereocenters. The number of likely N-dealkylation sites (tertiary alicyclic amines) is 1. The predicted octanol–water partition coefficient (Wildman–Crippen LogP) is 1.49. The summed E-state index contributed by atoms with van der Waals surface area (Å²) in [4.78, 5) is 1.65. The Hall–Kier alpha value is -0.120. The van der Waals surface area contributed by atoms with E-state index in [1.807, 2.05) is 0 Å². The third-order valence-electron chi connectivity index (χ3n) is 9.92. The lowest BCUT2D eigenvalue weighted by molar-refractivity contribution is -0.926. The molecule has 1 unspecified atom stereocenters. The smallest absolute Gasteiger partial charge is 0.101 e. The van der Waals surface area contributed by atoms with Crippen molar-refractivity contribution in [2.45, 2.75) is 64.9 Å². The molecule has 4 saturated carbocycles. The largest absolute Gasteiger partial charge is 0.392 e. The molecule has 4 aliphatic carbocycles. The first-order chi connectivity index (χ1) is 11.5. The second-order valence-corrected chi connectivity index (χ2v) is 10.7. The summed E-state index contributed by atoms with van der Waals surface area (Å²) in [6, 6.07) is 0. The fourth-order valence-electron chi connectivity index (χ4n) is 9.30. The molecule has 0 aromatic heterocycles. The molecule has 3 heteroatoms. The van der Waals surface area contributed by atoms with Crippen molar-refractivity contribution in [1.82, 2.24) is 0 Å². The van der Waals surface area contributed by atoms with Crippen LogP contribution in [-0.4, -0.2) is 42.6 Å². The molecule has 5 rings (SSSR count). The summed E-state index contributed by atoms with van der Waals surface area (Å²) >= 11 is 0. The molecular weight excluding hydrogens is 298 g/mol. The fourth-order valence-corrected chi connectivity index (χ4v) is 9.30. The molecule has 0 aromatic rings. The molecule has 3 nitrogen and oxygen atoms in total. The van der Waals surface area contributed by atoms with Crippen LogP contribution in [0.3, 0.4) is 0 Å². The zero-order chi connectivity index (χ0) is 16.7. The van der Waals surface area contributed by atoms with Crippen LogP contribution in [0.4, 0.5) is 0 Å². The van der Waals surface area contributed by atoms with Gasteiger partial charge in [-0.3, -0.25) is 0 Å². The van der Waals surface area contributed by atoms with Gasteiger partial charge >= 0.3 is 0 Å². The van der Waals surface area contributed by atoms with Gasteiger partial charge in [0.15, 0.2) is 0 Å². The highest BCUT2D eigenvalue weighted by molar-refractivity contribution is 5.20. The lowest BCUT2D eigenvalue weighted by atomic mass is 9.40. The van der Waals surface area contributed by atoms with Crippen molar-refractivity contribution >= 4 is 0 Å². The molecule has 24 heavy (non-hydrogen) atoms. The van der Waals surface area contributed by atoms with Crippen molar-refractivity contribution in [3.05, 3.63) is 0 Å². The van der Waals surface area contributed by atoms with E-state index in [1.54, 1.807) is 4.90 Å². The minimum absolute atomic E-state index is 0.0482. The van der Waals surface area contributed by atoms with Crippen LogP contribution in [0.2, 0.25) is 0 Å². The van der Waals surface area contributed by atoms with Gasteiger partial charge in [0.05, 0.1) is 25.8 Å². The molecule has 1 saturated heterocycles. The quantitative estimate of drug-likeness (QED) is 0.716. The minimum Gasteiger partial charge on any atom is -0.392 e. The summed E-state index contributed by atoms with van der Waals surface area (Å²) in [5.74, 6) is 2.93. The van der Waals surface area contributed by atoms with Gasteiger partial charge in [-0.1, -0.05) is 20.3 Å². The Balaban J connectivity index is 1.57. The third-order valence-corrected chi connectivity index (χ3v) is 9.92. The number of rotatable bonds is 2. The molecule has 0 aromatic carbocycles. The standard InChI is InChI=1S/C21H35NO2/c1-14-15-10-17-20(11-15,18(14)24)7-4-16-19(2)5-3-6-21(16,17)13-22(12-19)8-9-23/h14-18,23-24H,3-13H2,1-2H3/p+1/t14-,15-,16+,17-,18-,19+,20-,21+/m1/s1. The SMILES string of the molecule is C[C@@H]1[C@@H]2C[C@@H]3[C@@](CC[C@H]4[C@@]5(C)CCC[C@@]34C[NH+](CCO)C5)(C2)[C@@H]1O. The molecular formula is C21H36NO2+. The van der Waals surface area contributed by atoms with Crippen LogP contribution >= 0.6 is 0 Å². The van der Waals surface area contributed by atoms with Gasteiger partial charge in [-0.2, -0.15) is 0 Å². The summed E-state index contributed by atoms with van der Waals surface area (Å²) in [5, 5.41) is 20.7. The van der Waals surface area contributed by atoms with Gasteiger partial charge in [-0.25, -0.2) is 0 Å². The van der Waals surface area contributed by atoms with Crippen LogP contribution in [0.25, 0.3) is 0 Å². The molecule has 1 heterocycles. The zero-order valence-corrected chi connectivity index (χ0v) is 15.6. The summed E-state index contributed by atoms with van der Waals surface area (Å²) in [5.41, 5.74) is 1.19. The van der Waals surface area contributed by atoms with Crippen LogP contribution in [0.1, 0.15) is 58.8 Å². The van der Waals surface area contributed by atoms with E-state index in [2.05, 4.69) is 13.8 Å². The Bertz CT molecular complexity index is 538. The van der Waals surface area contributed by atoms with Crippen LogP contribution in [0.15, 0.2) is 0 Å². The lowest BCUT2D eigenvalue weighted by Gasteiger charge is -2.67. The molecule has 5 aliphatic rings. The fraction of sp³-hybridized carbons (Fsp3) is 1.00. The second kappa shape index (κ2) is 4.98. The van der Waals surface area contributed by atoms with E-state index in [0.717, 1.165) is 24.3 Å². The monoisotopic (exact) mass is 334 g/mol. The van der Waals surface area contributed by atoms with Gasteiger partial charge in [-0.15, -0.1) is 0 Å². The van der Waals surface area contributed by atoms with Crippen LogP contribution in [0.5, 0.6) is 0 Å². The van der Waals surface area contributed by atoms with Crippen molar-refractivity contribution < 1.29 is 15.1 Å². The van der Waals surface area contributed by atoms with Crippen molar-refractivity contribution in [1.29, 1.82) is 0 Å². The Morgan fingerprint density at radius 3 is 2.67 bits per heavy atom. The number of aliphatic hydroxyl groups excluding tert-OH is 2. The maximum atomic E-state index is 11.1. The highest BCUT2D eigenvalue weighted by Crippen LogP contribution is 2.74. The van der Waals surface area contributed by atoms with E-state index in [0.29, 0.717) is 23.4 Å². The Labute approximate surface area is 146 Å². The summed E-state index contributed by atoms with van der Waals surface area (Å²) in [7, 11) is 0. The van der Waals surface area contributed by atoms with E-state index < -0.39 is 0 Å². The third kappa shape index (κ3) is 1.75. The van der Waals surface area contributed by atoms with Gasteiger partial charge < -0.3 is 15.1 Å². The van der Waals surface area contributed by atoms with Crippen LogP contribution in [0, 0.1) is 39.9 Å². The topological polar surface area (TPSA) is 44.9 Å². The summed E-state index contributed by atoms with van der Waals surface area (Å²) < 4.78 is 0. The number of quaternary nitrogens is 1. The number of nitrogens with one attached hydrogen (secondary N) is 1. The van der Waals surface area contributed by atoms with E-state index in [9.17, 15) is 10.2 Å². The molecule has 5 fully saturated rings. The van der Waals surface area contributed by atoms with Gasteiger partial charge in [-0.05, 0) is 62.2 Å². The predicted molar refractivity (Wildman–Crippen MR) is 93.6 cm³/mol. The van der Waals surface area contributed by atoms with Crippen molar-refractivity contribution in [2.75, 3.05) is 26.2 Å². The number of aliphatic hydroxyl groups is 2. The van der Waals surface area contributed by atoms with Crippen molar-refractivity contribution in [3.63, 3.8) is 0 Å². The first-order valence-corrected chi connectivity index (χ1v) is 10.6. The molecule has 4 bridgehead atoms. The molecule has 0 amide bonds. The van der Waals surface area contributed by atoms with E-state index in [4.69, 9.17) is 0 Å². The van der Waals surface area contributed by atoms with E-state index in [1.165, 1.54) is 58.0 Å². The number of fused-ring (bicyclic) bond motifs is 1. The molecule has 1 aliphatic heterocycles. The molecule has 136 valence electrons. The molecule has 1 spiro atoms. The highest BCUT2D eigenvalue weighted by Gasteiger charge is 2.73. The average molecular weight is 335 g/mol. The second-order valence-electron chi connectivity index (χ2n) is 10.7. The van der Waals surface area contributed by atoms with Crippen LogP contribution < -0.4 is 4.90 Å².